The van der Waals surface area contributed by atoms with E-state index in [-0.39, 0.29) is 5.76 Å². The first-order valence-electron chi connectivity index (χ1n) is 6.41. The van der Waals surface area contributed by atoms with Crippen LogP contribution >= 0.6 is 0 Å². The van der Waals surface area contributed by atoms with E-state index in [1.165, 1.54) is 7.11 Å². The Balaban J connectivity index is 2.37. The zero-order valence-corrected chi connectivity index (χ0v) is 11.5. The topological polar surface area (TPSA) is 62.3 Å². The summed E-state index contributed by atoms with van der Waals surface area (Å²) < 4.78 is 4.85. The Morgan fingerprint density at radius 3 is 2.75 bits per heavy atom. The molecule has 0 aliphatic heterocycles. The van der Waals surface area contributed by atoms with Crippen LogP contribution in [0.15, 0.2) is 47.7 Å². The number of aromatic amines is 1. The lowest BCUT2D eigenvalue weighted by atomic mass is 10.1. The smallest absolute Gasteiger partial charge is 0.371 e. The van der Waals surface area contributed by atoms with Gasteiger partial charge >= 0.3 is 5.97 Å². The van der Waals surface area contributed by atoms with Gasteiger partial charge in [0.2, 0.25) is 5.76 Å². The van der Waals surface area contributed by atoms with Gasteiger partial charge in [0.1, 0.15) is 0 Å². The van der Waals surface area contributed by atoms with Crippen molar-refractivity contribution in [2.24, 2.45) is 0 Å². The van der Waals surface area contributed by atoms with E-state index in [1.54, 1.807) is 6.08 Å². The van der Waals surface area contributed by atoms with E-state index in [0.717, 1.165) is 28.6 Å². The SMILES string of the molecule is CCC(=Cc1cc2ccccc2[nH]1)C=C(OC)C(=O)O. The molecule has 0 atom stereocenters. The molecule has 0 spiro atoms. The molecule has 0 saturated carbocycles. The van der Waals surface area contributed by atoms with E-state index in [2.05, 4.69) is 4.98 Å². The first-order valence-corrected chi connectivity index (χ1v) is 6.41. The van der Waals surface area contributed by atoms with E-state index in [1.807, 2.05) is 43.3 Å². The van der Waals surface area contributed by atoms with E-state index in [9.17, 15) is 4.79 Å². The lowest BCUT2D eigenvalue weighted by molar-refractivity contribution is -0.136. The minimum absolute atomic E-state index is 0.0609. The van der Waals surface area contributed by atoms with Gasteiger partial charge in [-0.05, 0) is 41.7 Å². The van der Waals surface area contributed by atoms with Gasteiger partial charge in [0.15, 0.2) is 0 Å². The number of hydrogen-bond donors (Lipinski definition) is 2. The molecule has 0 aliphatic carbocycles. The summed E-state index contributed by atoms with van der Waals surface area (Å²) in [4.78, 5) is 14.2. The van der Waals surface area contributed by atoms with Crippen molar-refractivity contribution < 1.29 is 14.6 Å². The molecular weight excluding hydrogens is 254 g/mol. The zero-order chi connectivity index (χ0) is 14.5. The Kier molecular flexibility index (Phi) is 4.25. The number of ether oxygens (including phenoxy) is 1. The number of carboxylic acids is 1. The highest BCUT2D eigenvalue weighted by atomic mass is 16.5. The molecule has 0 fully saturated rings. The van der Waals surface area contributed by atoms with Crippen molar-refractivity contribution >= 4 is 22.9 Å². The van der Waals surface area contributed by atoms with Crippen LogP contribution in [0.2, 0.25) is 0 Å². The number of carboxylic acid groups (broad SMARTS) is 1. The fourth-order valence-corrected chi connectivity index (χ4v) is 2.00. The average molecular weight is 271 g/mol. The van der Waals surface area contributed by atoms with Crippen LogP contribution in [0.3, 0.4) is 0 Å². The number of rotatable bonds is 5. The Morgan fingerprint density at radius 2 is 2.15 bits per heavy atom. The molecular formula is C16H17NO3. The summed E-state index contributed by atoms with van der Waals surface area (Å²) >= 11 is 0. The normalized spacial score (nSPS) is 12.7. The third-order valence-electron chi connectivity index (χ3n) is 3.05. The average Bonchev–Trinajstić information content (AvgIpc) is 2.85. The maximum atomic E-state index is 10.9. The molecule has 20 heavy (non-hydrogen) atoms. The van der Waals surface area contributed by atoms with Crippen molar-refractivity contribution in [2.75, 3.05) is 7.11 Å². The number of aliphatic carboxylic acids is 1. The number of nitrogens with one attached hydrogen (secondary N) is 1. The molecule has 0 saturated heterocycles. The van der Waals surface area contributed by atoms with Crippen molar-refractivity contribution in [3.63, 3.8) is 0 Å². The lowest BCUT2D eigenvalue weighted by Crippen LogP contribution is -2.02. The number of hydrogen-bond acceptors (Lipinski definition) is 2. The number of fused-ring (bicyclic) bond motifs is 1. The first kappa shape index (κ1) is 13.9. The minimum Gasteiger partial charge on any atom is -0.490 e. The van der Waals surface area contributed by atoms with Crippen LogP contribution in [0, 0.1) is 0 Å². The Labute approximate surface area is 117 Å². The second-order valence-electron chi connectivity index (χ2n) is 4.40. The number of benzene rings is 1. The number of methoxy groups -OCH3 is 1. The summed E-state index contributed by atoms with van der Waals surface area (Å²) in [6.45, 7) is 1.97. The van der Waals surface area contributed by atoms with Gasteiger partial charge in [-0.15, -0.1) is 0 Å². The van der Waals surface area contributed by atoms with Crippen molar-refractivity contribution in [1.29, 1.82) is 0 Å². The predicted molar refractivity (Wildman–Crippen MR) is 79.3 cm³/mol. The molecule has 2 aromatic rings. The number of para-hydroxylation sites is 1. The maximum absolute atomic E-state index is 10.9. The van der Waals surface area contributed by atoms with E-state index < -0.39 is 5.97 Å². The van der Waals surface area contributed by atoms with Crippen LogP contribution in [0.5, 0.6) is 0 Å². The maximum Gasteiger partial charge on any atom is 0.371 e. The molecule has 4 heteroatoms. The molecule has 1 heterocycles. The molecule has 2 N–H and O–H groups in total. The largest absolute Gasteiger partial charge is 0.490 e. The highest BCUT2D eigenvalue weighted by Crippen LogP contribution is 2.18. The molecule has 0 bridgehead atoms. The Hall–Kier alpha value is -2.49. The summed E-state index contributed by atoms with van der Waals surface area (Å²) in [5.41, 5.74) is 2.89. The molecule has 2 rings (SSSR count). The molecule has 0 unspecified atom stereocenters. The standard InChI is InChI=1S/C16H17NO3/c1-3-11(9-15(20-2)16(18)19)8-13-10-12-6-4-5-7-14(12)17-13/h4-10,17H,3H2,1-2H3,(H,18,19). The summed E-state index contributed by atoms with van der Waals surface area (Å²) in [5.74, 6) is -1.13. The number of carbonyl (C=O) groups is 1. The fourth-order valence-electron chi connectivity index (χ4n) is 2.00. The van der Waals surface area contributed by atoms with Crippen LogP contribution in [-0.4, -0.2) is 23.2 Å². The van der Waals surface area contributed by atoms with Gasteiger partial charge in [0.05, 0.1) is 7.11 Å². The van der Waals surface area contributed by atoms with Crippen LogP contribution in [0.25, 0.3) is 17.0 Å². The molecule has 0 radical (unpaired) electrons. The molecule has 1 aromatic carbocycles. The predicted octanol–water partition coefficient (Wildman–Crippen LogP) is 3.58. The van der Waals surface area contributed by atoms with Crippen LogP contribution in [0.4, 0.5) is 0 Å². The second kappa shape index (κ2) is 6.10. The highest BCUT2D eigenvalue weighted by molar-refractivity contribution is 5.86. The molecule has 0 amide bonds. The fraction of sp³-hybridized carbons (Fsp3) is 0.188. The molecule has 4 nitrogen and oxygen atoms in total. The highest BCUT2D eigenvalue weighted by Gasteiger charge is 2.07. The van der Waals surface area contributed by atoms with Crippen molar-refractivity contribution in [3.05, 3.63) is 53.4 Å². The van der Waals surface area contributed by atoms with Gasteiger partial charge in [-0.1, -0.05) is 25.1 Å². The summed E-state index contributed by atoms with van der Waals surface area (Å²) in [7, 11) is 1.36. The van der Waals surface area contributed by atoms with E-state index in [4.69, 9.17) is 9.84 Å². The second-order valence-corrected chi connectivity index (χ2v) is 4.40. The van der Waals surface area contributed by atoms with Crippen LogP contribution < -0.4 is 0 Å². The van der Waals surface area contributed by atoms with Crippen molar-refractivity contribution in [3.8, 4) is 0 Å². The number of H-pyrrole nitrogens is 1. The third-order valence-corrected chi connectivity index (χ3v) is 3.05. The number of allylic oxidation sites excluding steroid dienone is 2. The monoisotopic (exact) mass is 271 g/mol. The molecule has 0 aliphatic rings. The Morgan fingerprint density at radius 1 is 1.40 bits per heavy atom. The van der Waals surface area contributed by atoms with Gasteiger partial charge < -0.3 is 14.8 Å². The summed E-state index contributed by atoms with van der Waals surface area (Å²) in [6.07, 6.45) is 4.20. The van der Waals surface area contributed by atoms with Gasteiger partial charge in [-0.2, -0.15) is 0 Å². The quantitative estimate of drug-likeness (QED) is 0.496. The zero-order valence-electron chi connectivity index (χ0n) is 11.5. The Bertz CT molecular complexity index is 647. The van der Waals surface area contributed by atoms with Crippen molar-refractivity contribution in [2.45, 2.75) is 13.3 Å². The van der Waals surface area contributed by atoms with Crippen LogP contribution in [0.1, 0.15) is 19.0 Å². The van der Waals surface area contributed by atoms with Gasteiger partial charge in [-0.25, -0.2) is 4.79 Å². The van der Waals surface area contributed by atoms with Crippen molar-refractivity contribution in [1.82, 2.24) is 4.98 Å². The minimum atomic E-state index is -1.07. The summed E-state index contributed by atoms with van der Waals surface area (Å²) in [5, 5.41) is 10.1. The van der Waals surface area contributed by atoms with E-state index in [0.29, 0.717) is 0 Å². The van der Waals surface area contributed by atoms with E-state index >= 15 is 0 Å². The summed E-state index contributed by atoms with van der Waals surface area (Å²) in [6, 6.07) is 10.0. The molecule has 1 aromatic heterocycles. The van der Waals surface area contributed by atoms with Gasteiger partial charge in [0.25, 0.3) is 0 Å². The number of aromatic nitrogens is 1. The third kappa shape index (κ3) is 3.09. The van der Waals surface area contributed by atoms with Gasteiger partial charge in [-0.3, -0.25) is 0 Å². The lowest BCUT2D eigenvalue weighted by Gasteiger charge is -2.02. The molecule has 104 valence electrons. The van der Waals surface area contributed by atoms with Crippen LogP contribution in [-0.2, 0) is 9.53 Å². The van der Waals surface area contributed by atoms with Gasteiger partial charge in [0, 0.05) is 11.2 Å². The first-order chi connectivity index (χ1) is 9.63.